The number of hydrogen-bond acceptors (Lipinski definition) is 3. The second-order valence-electron chi connectivity index (χ2n) is 1.33. The van der Waals surface area contributed by atoms with Gasteiger partial charge >= 0.3 is 0 Å². The van der Waals surface area contributed by atoms with Gasteiger partial charge in [0, 0.05) is 6.20 Å². The van der Waals surface area contributed by atoms with Gasteiger partial charge in [0.15, 0.2) is 0 Å². The van der Waals surface area contributed by atoms with Crippen LogP contribution in [-0.2, 0) is 0 Å². The van der Waals surface area contributed by atoms with Crippen LogP contribution in [0.4, 0.5) is 0 Å². The Kier molecular flexibility index (Phi) is 2.97. The number of aliphatic imine (C=N–C) groups is 1. The van der Waals surface area contributed by atoms with Gasteiger partial charge in [-0.3, -0.25) is 0 Å². The van der Waals surface area contributed by atoms with Crippen LogP contribution in [0.25, 0.3) is 0 Å². The zero-order chi connectivity index (χ0) is 7.28. The van der Waals surface area contributed by atoms with E-state index in [9.17, 15) is 0 Å². The molecule has 0 fully saturated rings. The van der Waals surface area contributed by atoms with Gasteiger partial charge in [0.1, 0.15) is 11.7 Å². The fraction of sp³-hybridized carbons (Fsp3) is 0. The highest BCUT2D eigenvalue weighted by Gasteiger charge is 1.82. The maximum absolute atomic E-state index is 5.20. The molecule has 0 aromatic rings. The van der Waals surface area contributed by atoms with Crippen LogP contribution in [0.15, 0.2) is 29.7 Å². The second-order valence-corrected chi connectivity index (χ2v) is 1.33. The van der Waals surface area contributed by atoms with Crippen molar-refractivity contribution in [3.8, 4) is 0 Å². The van der Waals surface area contributed by atoms with Crippen LogP contribution >= 0.6 is 0 Å². The number of rotatable bonds is 2. The molecule has 0 aromatic carbocycles. The van der Waals surface area contributed by atoms with Crippen molar-refractivity contribution in [2.75, 3.05) is 0 Å². The van der Waals surface area contributed by atoms with Crippen LogP contribution in [0.5, 0.6) is 0 Å². The van der Waals surface area contributed by atoms with Gasteiger partial charge in [0.25, 0.3) is 0 Å². The lowest BCUT2D eigenvalue weighted by Crippen LogP contribution is -2.10. The Morgan fingerprint density at radius 2 is 2.00 bits per heavy atom. The monoisotopic (exact) mass is 126 g/mol. The molecule has 0 saturated heterocycles. The van der Waals surface area contributed by atoms with Crippen LogP contribution in [0.2, 0.25) is 0 Å². The molecule has 0 heterocycles. The zero-order valence-electron chi connectivity index (χ0n) is 5.04. The predicted molar refractivity (Wildman–Crippen MR) is 38.3 cm³/mol. The van der Waals surface area contributed by atoms with Crippen molar-refractivity contribution in [2.24, 2.45) is 22.2 Å². The summed E-state index contributed by atoms with van der Waals surface area (Å²) in [5.74, 6) is 0.446. The highest BCUT2D eigenvalue weighted by molar-refractivity contribution is 5.91. The van der Waals surface area contributed by atoms with Gasteiger partial charge in [-0.1, -0.05) is 6.58 Å². The molecule has 50 valence electrons. The third-order valence-electron chi connectivity index (χ3n) is 0.638. The van der Waals surface area contributed by atoms with Crippen molar-refractivity contribution in [1.29, 1.82) is 0 Å². The summed E-state index contributed by atoms with van der Waals surface area (Å²) >= 11 is 0. The predicted octanol–water partition coefficient (Wildman–Crippen LogP) is -0.754. The lowest BCUT2D eigenvalue weighted by atomic mass is 10.6. The standard InChI is InChI=1S/C5H10N4/c1-2-4(7)9-5(8)3-6/h2-3H,1,6,8H2,(H2,7,9)/b5-3-. The van der Waals surface area contributed by atoms with Crippen LogP contribution in [0, 0.1) is 0 Å². The van der Waals surface area contributed by atoms with E-state index in [2.05, 4.69) is 11.6 Å². The van der Waals surface area contributed by atoms with Crippen LogP contribution in [-0.4, -0.2) is 5.84 Å². The molecule has 0 atom stereocenters. The molecule has 0 bridgehead atoms. The summed E-state index contributed by atoms with van der Waals surface area (Å²) in [6, 6.07) is 0. The molecule has 0 radical (unpaired) electrons. The summed E-state index contributed by atoms with van der Waals surface area (Å²) in [4.78, 5) is 3.60. The van der Waals surface area contributed by atoms with E-state index in [0.29, 0.717) is 0 Å². The van der Waals surface area contributed by atoms with E-state index < -0.39 is 0 Å². The normalized spacial score (nSPS) is 13.3. The summed E-state index contributed by atoms with van der Waals surface area (Å²) in [5, 5.41) is 0. The number of hydrogen-bond donors (Lipinski definition) is 3. The van der Waals surface area contributed by atoms with Crippen LogP contribution < -0.4 is 17.2 Å². The Labute approximate surface area is 53.7 Å². The quantitative estimate of drug-likeness (QED) is 0.335. The van der Waals surface area contributed by atoms with Crippen molar-refractivity contribution in [3.63, 3.8) is 0 Å². The first-order valence-corrected chi connectivity index (χ1v) is 2.34. The van der Waals surface area contributed by atoms with Gasteiger partial charge in [-0.25, -0.2) is 4.99 Å². The van der Waals surface area contributed by atoms with Gasteiger partial charge in [-0.2, -0.15) is 0 Å². The molecular formula is C5H10N4. The van der Waals surface area contributed by atoms with Crippen molar-refractivity contribution >= 4 is 5.84 Å². The smallest absolute Gasteiger partial charge is 0.141 e. The Hall–Kier alpha value is -1.45. The van der Waals surface area contributed by atoms with Crippen molar-refractivity contribution < 1.29 is 0 Å². The van der Waals surface area contributed by atoms with Crippen LogP contribution in [0.1, 0.15) is 0 Å². The highest BCUT2D eigenvalue weighted by atomic mass is 15.0. The molecule has 4 nitrogen and oxygen atoms in total. The lowest BCUT2D eigenvalue weighted by molar-refractivity contribution is 1.21. The maximum Gasteiger partial charge on any atom is 0.141 e. The van der Waals surface area contributed by atoms with Gasteiger partial charge in [-0.15, -0.1) is 0 Å². The maximum atomic E-state index is 5.20. The fourth-order valence-electron chi connectivity index (χ4n) is 0.232. The van der Waals surface area contributed by atoms with E-state index in [4.69, 9.17) is 17.2 Å². The van der Waals surface area contributed by atoms with Crippen LogP contribution in [0.3, 0.4) is 0 Å². The van der Waals surface area contributed by atoms with E-state index in [0.717, 1.165) is 6.20 Å². The number of nitrogens with two attached hydrogens (primary N) is 3. The second kappa shape index (κ2) is 3.54. The molecule has 4 heteroatoms. The van der Waals surface area contributed by atoms with E-state index >= 15 is 0 Å². The number of amidine groups is 1. The third-order valence-corrected chi connectivity index (χ3v) is 0.638. The van der Waals surface area contributed by atoms with Crippen molar-refractivity contribution in [1.82, 2.24) is 0 Å². The fourth-order valence-corrected chi connectivity index (χ4v) is 0.232. The topological polar surface area (TPSA) is 90.4 Å². The Morgan fingerprint density at radius 1 is 1.44 bits per heavy atom. The summed E-state index contributed by atoms with van der Waals surface area (Å²) in [6.07, 6.45) is 2.55. The van der Waals surface area contributed by atoms with E-state index in [1.165, 1.54) is 6.08 Å². The summed E-state index contributed by atoms with van der Waals surface area (Å²) in [7, 11) is 0. The molecule has 0 amide bonds. The first kappa shape index (κ1) is 7.55. The minimum absolute atomic E-state index is 0.187. The molecule has 0 unspecified atom stereocenters. The van der Waals surface area contributed by atoms with Crippen molar-refractivity contribution in [2.45, 2.75) is 0 Å². The molecule has 0 spiro atoms. The molecule has 0 rings (SSSR count). The molecule has 0 aliphatic carbocycles. The number of nitrogens with zero attached hydrogens (tertiary/aromatic N) is 1. The third kappa shape index (κ3) is 3.16. The van der Waals surface area contributed by atoms with Gasteiger partial charge in [0.05, 0.1) is 0 Å². The Balaban J connectivity index is 4.11. The molecule has 0 aliphatic rings. The molecule has 0 saturated carbocycles. The van der Waals surface area contributed by atoms with Crippen molar-refractivity contribution in [3.05, 3.63) is 24.7 Å². The first-order valence-electron chi connectivity index (χ1n) is 2.34. The first-order chi connectivity index (χ1) is 4.20. The molecule has 0 aromatic heterocycles. The Bertz CT molecular complexity index is 156. The van der Waals surface area contributed by atoms with E-state index in [1.54, 1.807) is 0 Å². The average molecular weight is 126 g/mol. The Morgan fingerprint density at radius 3 is 2.33 bits per heavy atom. The summed E-state index contributed by atoms with van der Waals surface area (Å²) in [6.45, 7) is 3.37. The largest absolute Gasteiger partial charge is 0.402 e. The average Bonchev–Trinajstić information content (AvgIpc) is 1.87. The molecule has 6 N–H and O–H groups in total. The van der Waals surface area contributed by atoms with E-state index in [-0.39, 0.29) is 11.7 Å². The minimum atomic E-state index is 0.187. The SMILES string of the molecule is C=CC(N)=N/C(N)=C\N. The highest BCUT2D eigenvalue weighted by Crippen LogP contribution is 1.80. The van der Waals surface area contributed by atoms with Gasteiger partial charge < -0.3 is 17.2 Å². The minimum Gasteiger partial charge on any atom is -0.402 e. The van der Waals surface area contributed by atoms with E-state index in [1.807, 2.05) is 0 Å². The molecule has 9 heavy (non-hydrogen) atoms. The summed E-state index contributed by atoms with van der Waals surface area (Å²) < 4.78 is 0. The van der Waals surface area contributed by atoms with Gasteiger partial charge in [-0.05, 0) is 6.08 Å². The molecule has 0 aliphatic heterocycles. The summed E-state index contributed by atoms with van der Waals surface area (Å²) in [5.41, 5.74) is 15.4. The molecular weight excluding hydrogens is 116 g/mol. The van der Waals surface area contributed by atoms with Gasteiger partial charge in [0.2, 0.25) is 0 Å². The zero-order valence-corrected chi connectivity index (χ0v) is 5.04. The lowest BCUT2D eigenvalue weighted by Gasteiger charge is -1.90.